The van der Waals surface area contributed by atoms with Crippen LogP contribution >= 0.6 is 0 Å². The number of carbonyl (C=O) groups is 1. The third-order valence-electron chi connectivity index (χ3n) is 4.91. The first-order valence-electron chi connectivity index (χ1n) is 8.89. The number of carbonyl (C=O) groups excluding carboxylic acids is 1. The molecule has 6 heteroatoms. The molecule has 0 bridgehead atoms. The number of amides is 1. The van der Waals surface area contributed by atoms with Crippen molar-refractivity contribution in [3.05, 3.63) is 94.8 Å². The number of hydrogen-bond acceptors (Lipinski definition) is 2. The van der Waals surface area contributed by atoms with Crippen LogP contribution in [0.1, 0.15) is 21.5 Å². The summed E-state index contributed by atoms with van der Waals surface area (Å²) >= 11 is 0. The van der Waals surface area contributed by atoms with Gasteiger partial charge in [0.15, 0.2) is 17.5 Å². The summed E-state index contributed by atoms with van der Waals surface area (Å²) in [7, 11) is 0. The highest BCUT2D eigenvalue weighted by atomic mass is 19.2. The van der Waals surface area contributed by atoms with E-state index < -0.39 is 29.0 Å². The highest BCUT2D eigenvalue weighted by molar-refractivity contribution is 6.04. The van der Waals surface area contributed by atoms with Crippen molar-refractivity contribution >= 4 is 17.3 Å². The molecule has 0 saturated heterocycles. The predicted octanol–water partition coefficient (Wildman–Crippen LogP) is 4.92. The SMILES string of the molecule is O=C(Nc1ccc(F)c(F)c1F)c1ccc(N2CCc3ccccc3C2)cc1. The fourth-order valence-electron chi connectivity index (χ4n) is 3.36. The van der Waals surface area contributed by atoms with E-state index in [1.165, 1.54) is 11.1 Å². The summed E-state index contributed by atoms with van der Waals surface area (Å²) in [5, 5.41) is 2.27. The molecular formula is C22H17F3N2O. The lowest BCUT2D eigenvalue weighted by Crippen LogP contribution is -2.30. The van der Waals surface area contributed by atoms with Crippen LogP contribution in [0.15, 0.2) is 60.7 Å². The molecule has 1 aliphatic rings. The number of anilines is 2. The van der Waals surface area contributed by atoms with Crippen molar-refractivity contribution in [1.82, 2.24) is 0 Å². The van der Waals surface area contributed by atoms with Crippen LogP contribution in [-0.4, -0.2) is 12.5 Å². The minimum absolute atomic E-state index is 0.297. The van der Waals surface area contributed by atoms with Gasteiger partial charge in [-0.25, -0.2) is 13.2 Å². The van der Waals surface area contributed by atoms with Crippen molar-refractivity contribution in [2.75, 3.05) is 16.8 Å². The van der Waals surface area contributed by atoms with Crippen molar-refractivity contribution < 1.29 is 18.0 Å². The maximum Gasteiger partial charge on any atom is 0.255 e. The minimum Gasteiger partial charge on any atom is -0.367 e. The zero-order valence-corrected chi connectivity index (χ0v) is 14.9. The average Bonchev–Trinajstić information content (AvgIpc) is 2.74. The van der Waals surface area contributed by atoms with Gasteiger partial charge in [0, 0.05) is 24.3 Å². The Kier molecular flexibility index (Phi) is 4.77. The van der Waals surface area contributed by atoms with E-state index in [1.807, 2.05) is 24.3 Å². The normalized spacial score (nSPS) is 13.2. The Morgan fingerprint density at radius 1 is 0.857 bits per heavy atom. The van der Waals surface area contributed by atoms with Gasteiger partial charge in [0.2, 0.25) is 0 Å². The molecule has 0 spiro atoms. The Bertz CT molecular complexity index is 1030. The third kappa shape index (κ3) is 3.45. The molecule has 1 amide bonds. The summed E-state index contributed by atoms with van der Waals surface area (Å²) in [6.45, 7) is 1.67. The molecule has 1 aliphatic heterocycles. The summed E-state index contributed by atoms with van der Waals surface area (Å²) < 4.78 is 40.0. The molecule has 0 saturated carbocycles. The van der Waals surface area contributed by atoms with Crippen LogP contribution in [0.3, 0.4) is 0 Å². The van der Waals surface area contributed by atoms with Crippen molar-refractivity contribution in [3.63, 3.8) is 0 Å². The molecule has 142 valence electrons. The first kappa shape index (κ1) is 18.1. The molecular weight excluding hydrogens is 365 g/mol. The molecule has 0 radical (unpaired) electrons. The smallest absolute Gasteiger partial charge is 0.255 e. The molecule has 3 aromatic rings. The van der Waals surface area contributed by atoms with Gasteiger partial charge in [0.1, 0.15) is 0 Å². The van der Waals surface area contributed by atoms with E-state index in [2.05, 4.69) is 22.3 Å². The maximum absolute atomic E-state index is 13.7. The number of fused-ring (bicyclic) bond motifs is 1. The summed E-state index contributed by atoms with van der Waals surface area (Å²) in [5.41, 5.74) is 3.50. The monoisotopic (exact) mass is 382 g/mol. The van der Waals surface area contributed by atoms with Crippen LogP contribution in [0.4, 0.5) is 24.5 Å². The molecule has 0 fully saturated rings. The predicted molar refractivity (Wildman–Crippen MR) is 102 cm³/mol. The van der Waals surface area contributed by atoms with E-state index in [4.69, 9.17) is 0 Å². The average molecular weight is 382 g/mol. The molecule has 1 heterocycles. The second-order valence-electron chi connectivity index (χ2n) is 6.66. The quantitative estimate of drug-likeness (QED) is 0.652. The van der Waals surface area contributed by atoms with Gasteiger partial charge in [-0.15, -0.1) is 0 Å². The summed E-state index contributed by atoms with van der Waals surface area (Å²) in [5.74, 6) is -4.93. The summed E-state index contributed by atoms with van der Waals surface area (Å²) in [6.07, 6.45) is 0.952. The van der Waals surface area contributed by atoms with Crippen LogP contribution < -0.4 is 10.2 Å². The van der Waals surface area contributed by atoms with Crippen molar-refractivity contribution in [1.29, 1.82) is 0 Å². The standard InChI is InChI=1S/C22H17F3N2O/c23-18-9-10-19(21(25)20(18)24)26-22(28)15-5-7-17(8-6-15)27-12-11-14-3-1-2-4-16(14)13-27/h1-10H,11-13H2,(H,26,28). The molecule has 0 aromatic heterocycles. The number of nitrogens with zero attached hydrogens (tertiary/aromatic N) is 1. The molecule has 0 atom stereocenters. The Balaban J connectivity index is 1.48. The van der Waals surface area contributed by atoms with E-state index in [9.17, 15) is 18.0 Å². The van der Waals surface area contributed by atoms with Gasteiger partial charge in [-0.2, -0.15) is 0 Å². The molecule has 0 aliphatic carbocycles. The molecule has 1 N–H and O–H groups in total. The van der Waals surface area contributed by atoms with Gasteiger partial charge in [-0.1, -0.05) is 24.3 Å². The maximum atomic E-state index is 13.7. The molecule has 4 rings (SSSR count). The minimum atomic E-state index is -1.61. The lowest BCUT2D eigenvalue weighted by atomic mass is 9.99. The first-order chi connectivity index (χ1) is 13.5. The van der Waals surface area contributed by atoms with E-state index in [1.54, 1.807) is 12.1 Å². The zero-order valence-electron chi connectivity index (χ0n) is 14.9. The summed E-state index contributed by atoms with van der Waals surface area (Å²) in [6, 6.07) is 17.0. The largest absolute Gasteiger partial charge is 0.367 e. The summed E-state index contributed by atoms with van der Waals surface area (Å²) in [4.78, 5) is 14.5. The van der Waals surface area contributed by atoms with E-state index in [-0.39, 0.29) is 0 Å². The van der Waals surface area contributed by atoms with E-state index in [0.717, 1.165) is 37.3 Å². The van der Waals surface area contributed by atoms with Crippen LogP contribution in [0, 0.1) is 17.5 Å². The number of nitrogens with one attached hydrogen (secondary N) is 1. The van der Waals surface area contributed by atoms with Crippen molar-refractivity contribution in [2.24, 2.45) is 0 Å². The number of hydrogen-bond donors (Lipinski definition) is 1. The van der Waals surface area contributed by atoms with Gasteiger partial charge in [0.25, 0.3) is 5.91 Å². The Morgan fingerprint density at radius 2 is 1.57 bits per heavy atom. The fraction of sp³-hybridized carbons (Fsp3) is 0.136. The topological polar surface area (TPSA) is 32.3 Å². The number of rotatable bonds is 3. The van der Waals surface area contributed by atoms with Crippen LogP contribution in [0.5, 0.6) is 0 Å². The second kappa shape index (κ2) is 7.38. The van der Waals surface area contributed by atoms with Crippen LogP contribution in [0.25, 0.3) is 0 Å². The molecule has 28 heavy (non-hydrogen) atoms. The van der Waals surface area contributed by atoms with Gasteiger partial charge >= 0.3 is 0 Å². The van der Waals surface area contributed by atoms with Gasteiger partial charge in [-0.05, 0) is 53.9 Å². The lowest BCUT2D eigenvalue weighted by Gasteiger charge is -2.30. The van der Waals surface area contributed by atoms with Crippen LogP contribution in [0.2, 0.25) is 0 Å². The fourth-order valence-corrected chi connectivity index (χ4v) is 3.36. The van der Waals surface area contributed by atoms with Gasteiger partial charge in [0.05, 0.1) is 5.69 Å². The van der Waals surface area contributed by atoms with Crippen molar-refractivity contribution in [2.45, 2.75) is 13.0 Å². The second-order valence-corrected chi connectivity index (χ2v) is 6.66. The lowest BCUT2D eigenvalue weighted by molar-refractivity contribution is 0.102. The van der Waals surface area contributed by atoms with Gasteiger partial charge < -0.3 is 10.2 Å². The Labute approximate surface area is 160 Å². The first-order valence-corrected chi connectivity index (χ1v) is 8.89. The van der Waals surface area contributed by atoms with E-state index >= 15 is 0 Å². The Hall–Kier alpha value is -3.28. The molecule has 3 nitrogen and oxygen atoms in total. The number of benzene rings is 3. The highest BCUT2D eigenvalue weighted by Gasteiger charge is 2.18. The molecule has 3 aromatic carbocycles. The third-order valence-corrected chi connectivity index (χ3v) is 4.91. The molecule has 0 unspecified atom stereocenters. The Morgan fingerprint density at radius 3 is 2.32 bits per heavy atom. The van der Waals surface area contributed by atoms with Crippen molar-refractivity contribution in [3.8, 4) is 0 Å². The zero-order chi connectivity index (χ0) is 19.7. The van der Waals surface area contributed by atoms with E-state index in [0.29, 0.717) is 5.56 Å². The van der Waals surface area contributed by atoms with Crippen LogP contribution in [-0.2, 0) is 13.0 Å². The number of halogens is 3. The highest BCUT2D eigenvalue weighted by Crippen LogP contribution is 2.25. The van der Waals surface area contributed by atoms with Gasteiger partial charge in [-0.3, -0.25) is 4.79 Å².